The molecule has 0 unspecified atom stereocenters. The molecular weight excluding hydrogens is 176 g/mol. The Morgan fingerprint density at radius 3 is 2.43 bits per heavy atom. The first-order chi connectivity index (χ1) is 6.84. The van der Waals surface area contributed by atoms with Gasteiger partial charge in [-0.1, -0.05) is 18.9 Å². The molecule has 2 heteroatoms. The van der Waals surface area contributed by atoms with Crippen LogP contribution in [0.3, 0.4) is 0 Å². The number of carbonyl (C=O) groups is 1. The summed E-state index contributed by atoms with van der Waals surface area (Å²) in [5.41, 5.74) is 0. The van der Waals surface area contributed by atoms with Crippen molar-refractivity contribution in [3.05, 3.63) is 12.2 Å². The van der Waals surface area contributed by atoms with E-state index in [2.05, 4.69) is 0 Å². The lowest BCUT2D eigenvalue weighted by atomic mass is 9.85. The van der Waals surface area contributed by atoms with Crippen LogP contribution in [0, 0.1) is 11.8 Å². The van der Waals surface area contributed by atoms with Gasteiger partial charge >= 0.3 is 5.97 Å². The van der Waals surface area contributed by atoms with Gasteiger partial charge in [-0.3, -0.25) is 0 Å². The molecule has 2 rings (SSSR count). The number of carbonyl (C=O) groups excluding carboxylic acids is 1. The molecule has 0 atom stereocenters. The van der Waals surface area contributed by atoms with Gasteiger partial charge < -0.3 is 4.74 Å². The molecule has 2 aliphatic carbocycles. The largest absolute Gasteiger partial charge is 0.462 e. The third kappa shape index (κ3) is 2.60. The van der Waals surface area contributed by atoms with Crippen LogP contribution in [-0.4, -0.2) is 12.6 Å². The second kappa shape index (κ2) is 4.63. The molecule has 0 aromatic rings. The number of ether oxygens (including phenoxy) is 1. The van der Waals surface area contributed by atoms with Crippen molar-refractivity contribution in [2.24, 2.45) is 11.8 Å². The zero-order chi connectivity index (χ0) is 9.80. The van der Waals surface area contributed by atoms with E-state index in [1.54, 1.807) is 6.08 Å². The summed E-state index contributed by atoms with van der Waals surface area (Å²) in [5.74, 6) is 1.14. The topological polar surface area (TPSA) is 26.3 Å². The van der Waals surface area contributed by atoms with Gasteiger partial charge in [0.1, 0.15) is 0 Å². The van der Waals surface area contributed by atoms with Crippen LogP contribution < -0.4 is 0 Å². The van der Waals surface area contributed by atoms with E-state index < -0.39 is 0 Å². The number of hydrogen-bond acceptors (Lipinski definition) is 2. The van der Waals surface area contributed by atoms with Crippen molar-refractivity contribution in [2.45, 2.75) is 38.5 Å². The van der Waals surface area contributed by atoms with E-state index >= 15 is 0 Å². The summed E-state index contributed by atoms with van der Waals surface area (Å²) in [4.78, 5) is 11.2. The molecule has 0 heterocycles. The average Bonchev–Trinajstić information content (AvgIpc) is 1.98. The number of allylic oxidation sites excluding steroid dienone is 1. The standard InChI is InChI=1S/C12H18O2/c13-12(8-7-10-3-1-4-10)14-9-11-5-2-6-11/h7-8,10-11H,1-6,9H2/b8-7+. The van der Waals surface area contributed by atoms with Gasteiger partial charge in [-0.05, 0) is 37.5 Å². The minimum atomic E-state index is -0.149. The van der Waals surface area contributed by atoms with Crippen LogP contribution >= 0.6 is 0 Å². The highest BCUT2D eigenvalue weighted by molar-refractivity contribution is 5.81. The summed E-state index contributed by atoms with van der Waals surface area (Å²) in [6.07, 6.45) is 11.2. The summed E-state index contributed by atoms with van der Waals surface area (Å²) in [6.45, 7) is 0.633. The lowest BCUT2D eigenvalue weighted by Crippen LogP contribution is -2.19. The van der Waals surface area contributed by atoms with E-state index in [4.69, 9.17) is 4.74 Å². The van der Waals surface area contributed by atoms with Crippen LogP contribution in [-0.2, 0) is 9.53 Å². The summed E-state index contributed by atoms with van der Waals surface area (Å²) in [6, 6.07) is 0. The van der Waals surface area contributed by atoms with Gasteiger partial charge in [0.15, 0.2) is 0 Å². The highest BCUT2D eigenvalue weighted by atomic mass is 16.5. The molecule has 2 saturated carbocycles. The molecule has 78 valence electrons. The Balaban J connectivity index is 1.59. The minimum Gasteiger partial charge on any atom is -0.462 e. The first-order valence-electron chi connectivity index (χ1n) is 5.69. The van der Waals surface area contributed by atoms with Gasteiger partial charge in [0, 0.05) is 6.08 Å². The lowest BCUT2D eigenvalue weighted by Gasteiger charge is -2.24. The summed E-state index contributed by atoms with van der Waals surface area (Å²) in [5, 5.41) is 0. The first-order valence-corrected chi connectivity index (χ1v) is 5.69. The highest BCUT2D eigenvalue weighted by Crippen LogP contribution is 2.28. The second-order valence-corrected chi connectivity index (χ2v) is 4.48. The Morgan fingerprint density at radius 2 is 1.93 bits per heavy atom. The quantitative estimate of drug-likeness (QED) is 0.508. The zero-order valence-electron chi connectivity index (χ0n) is 8.58. The van der Waals surface area contributed by atoms with Crippen LogP contribution in [0.25, 0.3) is 0 Å². The molecule has 0 aromatic heterocycles. The Bertz CT molecular complexity index is 224. The Morgan fingerprint density at radius 1 is 1.21 bits per heavy atom. The second-order valence-electron chi connectivity index (χ2n) is 4.48. The summed E-state index contributed by atoms with van der Waals surface area (Å²) >= 11 is 0. The van der Waals surface area contributed by atoms with Crippen molar-refractivity contribution < 1.29 is 9.53 Å². The van der Waals surface area contributed by atoms with Gasteiger partial charge in [-0.15, -0.1) is 0 Å². The van der Waals surface area contributed by atoms with Crippen LogP contribution in [0.15, 0.2) is 12.2 Å². The van der Waals surface area contributed by atoms with Gasteiger partial charge in [0.2, 0.25) is 0 Å². The predicted molar refractivity (Wildman–Crippen MR) is 54.8 cm³/mol. The molecule has 0 radical (unpaired) electrons. The maximum atomic E-state index is 11.2. The van der Waals surface area contributed by atoms with Crippen LogP contribution in [0.2, 0.25) is 0 Å². The average molecular weight is 194 g/mol. The SMILES string of the molecule is O=C(/C=C/C1CCC1)OCC1CCC1. The van der Waals surface area contributed by atoms with Crippen LogP contribution in [0.4, 0.5) is 0 Å². The molecular formula is C12H18O2. The fourth-order valence-corrected chi connectivity index (χ4v) is 1.75. The van der Waals surface area contributed by atoms with E-state index in [-0.39, 0.29) is 5.97 Å². The molecule has 0 amide bonds. The third-order valence-electron chi connectivity index (χ3n) is 3.34. The molecule has 0 spiro atoms. The third-order valence-corrected chi connectivity index (χ3v) is 3.34. The molecule has 0 aliphatic heterocycles. The molecule has 0 N–H and O–H groups in total. The fourth-order valence-electron chi connectivity index (χ4n) is 1.75. The maximum absolute atomic E-state index is 11.2. The first kappa shape index (κ1) is 9.75. The van der Waals surface area contributed by atoms with Gasteiger partial charge in [-0.2, -0.15) is 0 Å². The van der Waals surface area contributed by atoms with Crippen molar-refractivity contribution in [1.82, 2.24) is 0 Å². The number of rotatable bonds is 4. The van der Waals surface area contributed by atoms with Crippen molar-refractivity contribution in [1.29, 1.82) is 0 Å². The van der Waals surface area contributed by atoms with E-state index in [9.17, 15) is 4.79 Å². The maximum Gasteiger partial charge on any atom is 0.330 e. The number of hydrogen-bond donors (Lipinski definition) is 0. The number of esters is 1. The van der Waals surface area contributed by atoms with E-state index in [0.29, 0.717) is 18.4 Å². The van der Waals surface area contributed by atoms with Gasteiger partial charge in [0.05, 0.1) is 6.61 Å². The monoisotopic (exact) mass is 194 g/mol. The zero-order valence-corrected chi connectivity index (χ0v) is 8.58. The highest BCUT2D eigenvalue weighted by Gasteiger charge is 2.19. The molecule has 14 heavy (non-hydrogen) atoms. The van der Waals surface area contributed by atoms with E-state index in [1.165, 1.54) is 38.5 Å². The van der Waals surface area contributed by atoms with Gasteiger partial charge in [-0.25, -0.2) is 4.79 Å². The summed E-state index contributed by atoms with van der Waals surface area (Å²) in [7, 11) is 0. The fraction of sp³-hybridized carbons (Fsp3) is 0.750. The van der Waals surface area contributed by atoms with Gasteiger partial charge in [0.25, 0.3) is 0 Å². The predicted octanol–water partition coefficient (Wildman–Crippen LogP) is 2.69. The molecule has 0 aromatic carbocycles. The lowest BCUT2D eigenvalue weighted by molar-refractivity contribution is -0.139. The Labute approximate surface area is 85.3 Å². The molecule has 0 saturated heterocycles. The Kier molecular flexibility index (Phi) is 3.22. The summed E-state index contributed by atoms with van der Waals surface area (Å²) < 4.78 is 5.14. The van der Waals surface area contributed by atoms with Crippen LogP contribution in [0.1, 0.15) is 38.5 Å². The minimum absolute atomic E-state index is 0.149. The normalized spacial score (nSPS) is 23.1. The molecule has 0 bridgehead atoms. The Hall–Kier alpha value is -0.790. The smallest absolute Gasteiger partial charge is 0.330 e. The van der Waals surface area contributed by atoms with Crippen molar-refractivity contribution in [3.63, 3.8) is 0 Å². The van der Waals surface area contributed by atoms with Crippen molar-refractivity contribution in [3.8, 4) is 0 Å². The molecule has 2 fully saturated rings. The van der Waals surface area contributed by atoms with Crippen molar-refractivity contribution in [2.75, 3.05) is 6.61 Å². The molecule has 2 nitrogen and oxygen atoms in total. The van der Waals surface area contributed by atoms with E-state index in [0.717, 1.165) is 0 Å². The van der Waals surface area contributed by atoms with Crippen molar-refractivity contribution >= 4 is 5.97 Å². The molecule has 2 aliphatic rings. The van der Waals surface area contributed by atoms with Crippen LogP contribution in [0.5, 0.6) is 0 Å². The van der Waals surface area contributed by atoms with E-state index in [1.807, 2.05) is 6.08 Å².